The predicted octanol–water partition coefficient (Wildman–Crippen LogP) is 2.38. The van der Waals surface area contributed by atoms with E-state index in [1.54, 1.807) is 29.9 Å². The number of amides is 1. The highest BCUT2D eigenvalue weighted by molar-refractivity contribution is 7.99. The summed E-state index contributed by atoms with van der Waals surface area (Å²) in [5, 5.41) is 15.1. The number of nitrogens with one attached hydrogen (secondary N) is 1. The van der Waals surface area contributed by atoms with Crippen molar-refractivity contribution in [3.63, 3.8) is 0 Å². The molecule has 0 aliphatic rings. The number of benzene rings is 1. The van der Waals surface area contributed by atoms with Gasteiger partial charge in [0.15, 0.2) is 5.75 Å². The summed E-state index contributed by atoms with van der Waals surface area (Å²) in [6.07, 6.45) is 0.329. The summed E-state index contributed by atoms with van der Waals surface area (Å²) in [5.41, 5.74) is 0.574. The zero-order chi connectivity index (χ0) is 15.9. The zero-order valence-corrected chi connectivity index (χ0v) is 13.8. The number of rotatable bonds is 7. The van der Waals surface area contributed by atoms with Crippen LogP contribution in [0, 0.1) is 0 Å². The number of aromatic nitrogens is 4. The number of hydrogen-bond acceptors (Lipinski definition) is 6. The van der Waals surface area contributed by atoms with E-state index in [2.05, 4.69) is 20.8 Å². The van der Waals surface area contributed by atoms with Crippen molar-refractivity contribution in [2.45, 2.75) is 18.5 Å². The summed E-state index contributed by atoms with van der Waals surface area (Å²) >= 11 is 7.49. The minimum Gasteiger partial charge on any atom is -0.490 e. The van der Waals surface area contributed by atoms with Gasteiger partial charge >= 0.3 is 0 Å². The van der Waals surface area contributed by atoms with Gasteiger partial charge in [-0.25, -0.2) is 4.68 Å². The van der Waals surface area contributed by atoms with Crippen molar-refractivity contribution in [3.05, 3.63) is 23.2 Å². The lowest BCUT2D eigenvalue weighted by Crippen LogP contribution is -2.13. The normalized spacial score (nSPS) is 10.5. The number of aryl methyl sites for hydroxylation is 1. The number of nitrogens with zero attached hydrogens (tertiary/aromatic N) is 4. The molecular formula is C13H16ClN5O2S. The first-order valence-corrected chi connectivity index (χ1v) is 8.04. The monoisotopic (exact) mass is 341 g/mol. The third-order valence-electron chi connectivity index (χ3n) is 2.67. The van der Waals surface area contributed by atoms with Crippen molar-refractivity contribution in [2.24, 2.45) is 7.05 Å². The van der Waals surface area contributed by atoms with Gasteiger partial charge in [-0.05, 0) is 29.5 Å². The van der Waals surface area contributed by atoms with E-state index in [0.717, 1.165) is 0 Å². The first-order valence-electron chi connectivity index (χ1n) is 6.68. The van der Waals surface area contributed by atoms with Crippen LogP contribution in [0.1, 0.15) is 13.3 Å². The summed E-state index contributed by atoms with van der Waals surface area (Å²) in [7, 11) is 1.75. The molecule has 0 spiro atoms. The van der Waals surface area contributed by atoms with E-state index in [-0.39, 0.29) is 5.91 Å². The van der Waals surface area contributed by atoms with Gasteiger partial charge in [0.1, 0.15) is 0 Å². The Bertz CT molecular complexity index is 649. The van der Waals surface area contributed by atoms with Crippen molar-refractivity contribution < 1.29 is 9.53 Å². The number of carbonyl (C=O) groups excluding carboxylic acids is 1. The van der Waals surface area contributed by atoms with Gasteiger partial charge in [-0.15, -0.1) is 5.10 Å². The molecule has 1 aromatic heterocycles. The van der Waals surface area contributed by atoms with Gasteiger partial charge in [0, 0.05) is 19.2 Å². The Morgan fingerprint density at radius 2 is 2.32 bits per heavy atom. The van der Waals surface area contributed by atoms with Crippen molar-refractivity contribution in [3.8, 4) is 5.75 Å². The van der Waals surface area contributed by atoms with Crippen LogP contribution in [-0.4, -0.2) is 38.5 Å². The average Bonchev–Trinajstić information content (AvgIpc) is 2.88. The smallest absolute Gasteiger partial charge is 0.225 e. The standard InChI is InChI=1S/C13H16ClN5O2S/c1-3-21-12-9(14)5-4-6-10(12)15-11(20)7-8-22-13-16-17-18-19(13)2/h4-6H,3,7-8H2,1-2H3,(H,15,20). The Kier molecular flexibility index (Phi) is 6.02. The Morgan fingerprint density at radius 1 is 1.50 bits per heavy atom. The van der Waals surface area contributed by atoms with Gasteiger partial charge in [-0.1, -0.05) is 29.4 Å². The SMILES string of the molecule is CCOc1c(Cl)cccc1NC(=O)CCSc1nnnn1C. The van der Waals surface area contributed by atoms with E-state index in [1.165, 1.54) is 11.8 Å². The van der Waals surface area contributed by atoms with Crippen LogP contribution in [0.4, 0.5) is 5.69 Å². The summed E-state index contributed by atoms with van der Waals surface area (Å²) in [5.74, 6) is 0.945. The molecule has 118 valence electrons. The van der Waals surface area contributed by atoms with Gasteiger partial charge < -0.3 is 10.1 Å². The summed E-state index contributed by atoms with van der Waals surface area (Å²) in [4.78, 5) is 12.0. The largest absolute Gasteiger partial charge is 0.490 e. The first-order chi connectivity index (χ1) is 10.6. The number of thioether (sulfide) groups is 1. The van der Waals surface area contributed by atoms with E-state index in [9.17, 15) is 4.79 Å². The lowest BCUT2D eigenvalue weighted by Gasteiger charge is -2.12. The molecule has 7 nitrogen and oxygen atoms in total. The number of ether oxygens (including phenoxy) is 1. The van der Waals surface area contributed by atoms with Crippen LogP contribution in [0.2, 0.25) is 5.02 Å². The molecule has 0 saturated carbocycles. The summed E-state index contributed by atoms with van der Waals surface area (Å²) in [6.45, 7) is 2.34. The van der Waals surface area contributed by atoms with Crippen LogP contribution in [0.5, 0.6) is 5.75 Å². The van der Waals surface area contributed by atoms with Gasteiger partial charge in [0.2, 0.25) is 11.1 Å². The van der Waals surface area contributed by atoms with E-state index in [0.29, 0.717) is 40.4 Å². The van der Waals surface area contributed by atoms with Crippen LogP contribution < -0.4 is 10.1 Å². The lowest BCUT2D eigenvalue weighted by molar-refractivity contribution is -0.115. The van der Waals surface area contributed by atoms with Gasteiger partial charge in [-0.3, -0.25) is 4.79 Å². The molecule has 0 aliphatic carbocycles. The first kappa shape index (κ1) is 16.6. The van der Waals surface area contributed by atoms with Gasteiger partial charge in [0.25, 0.3) is 0 Å². The van der Waals surface area contributed by atoms with Crippen molar-refractivity contribution in [1.29, 1.82) is 0 Å². The molecule has 2 aromatic rings. The molecule has 9 heteroatoms. The lowest BCUT2D eigenvalue weighted by atomic mass is 10.3. The van der Waals surface area contributed by atoms with Crippen LogP contribution >= 0.6 is 23.4 Å². The number of carbonyl (C=O) groups is 1. The molecule has 0 saturated heterocycles. The maximum Gasteiger partial charge on any atom is 0.225 e. The number of anilines is 1. The fourth-order valence-corrected chi connectivity index (χ4v) is 2.71. The third kappa shape index (κ3) is 4.35. The maximum absolute atomic E-state index is 12.0. The van der Waals surface area contributed by atoms with Gasteiger partial charge in [-0.2, -0.15) is 0 Å². The van der Waals surface area contributed by atoms with Crippen molar-refractivity contribution in [1.82, 2.24) is 20.2 Å². The number of hydrogen-bond donors (Lipinski definition) is 1. The minimum atomic E-state index is -0.120. The van der Waals surface area contributed by atoms with E-state index < -0.39 is 0 Å². The molecule has 1 heterocycles. The Balaban J connectivity index is 1.89. The highest BCUT2D eigenvalue weighted by atomic mass is 35.5. The Morgan fingerprint density at radius 3 is 3.00 bits per heavy atom. The molecular weight excluding hydrogens is 326 g/mol. The quantitative estimate of drug-likeness (QED) is 0.779. The van der Waals surface area contributed by atoms with Crippen LogP contribution in [0.25, 0.3) is 0 Å². The number of para-hydroxylation sites is 1. The summed E-state index contributed by atoms with van der Waals surface area (Å²) in [6, 6.07) is 5.24. The topological polar surface area (TPSA) is 81.9 Å². The van der Waals surface area contributed by atoms with E-state index >= 15 is 0 Å². The second-order valence-corrected chi connectivity index (χ2v) is 5.75. The fraction of sp³-hybridized carbons (Fsp3) is 0.385. The predicted molar refractivity (Wildman–Crippen MR) is 85.4 cm³/mol. The summed E-state index contributed by atoms with van der Waals surface area (Å²) < 4.78 is 7.03. The number of halogens is 1. The fourth-order valence-electron chi connectivity index (χ4n) is 1.69. The van der Waals surface area contributed by atoms with Gasteiger partial charge in [0.05, 0.1) is 17.3 Å². The Labute approximate surface area is 137 Å². The zero-order valence-electron chi connectivity index (χ0n) is 12.2. The Hall–Kier alpha value is -1.80. The van der Waals surface area contributed by atoms with Crippen LogP contribution in [-0.2, 0) is 11.8 Å². The minimum absolute atomic E-state index is 0.120. The van der Waals surface area contributed by atoms with Crippen LogP contribution in [0.3, 0.4) is 0 Å². The highest BCUT2D eigenvalue weighted by Gasteiger charge is 2.11. The van der Waals surface area contributed by atoms with Crippen LogP contribution in [0.15, 0.2) is 23.4 Å². The highest BCUT2D eigenvalue weighted by Crippen LogP contribution is 2.33. The molecule has 0 aliphatic heterocycles. The molecule has 0 bridgehead atoms. The van der Waals surface area contributed by atoms with Crippen molar-refractivity contribution in [2.75, 3.05) is 17.7 Å². The average molecular weight is 342 g/mol. The molecule has 2 rings (SSSR count). The maximum atomic E-state index is 12.0. The molecule has 1 aromatic carbocycles. The van der Waals surface area contributed by atoms with E-state index in [1.807, 2.05) is 6.92 Å². The molecule has 0 atom stereocenters. The second-order valence-electron chi connectivity index (χ2n) is 4.28. The molecule has 1 N–H and O–H groups in total. The van der Waals surface area contributed by atoms with E-state index in [4.69, 9.17) is 16.3 Å². The number of tetrazole rings is 1. The molecule has 0 unspecified atom stereocenters. The van der Waals surface area contributed by atoms with Crippen molar-refractivity contribution >= 4 is 35.0 Å². The molecule has 1 amide bonds. The third-order valence-corrected chi connectivity index (χ3v) is 3.98. The molecule has 0 radical (unpaired) electrons. The second kappa shape index (κ2) is 8.00. The molecule has 0 fully saturated rings. The molecule has 22 heavy (non-hydrogen) atoms.